The van der Waals surface area contributed by atoms with Gasteiger partial charge in [0.05, 0.1) is 18.5 Å². The molecule has 48 heavy (non-hydrogen) atoms. The Labute approximate surface area is 294 Å². The van der Waals surface area contributed by atoms with E-state index in [-0.39, 0.29) is 0 Å². The highest BCUT2D eigenvalue weighted by atomic mass is 35.5. The Morgan fingerprint density at radius 2 is 1.85 bits per heavy atom. The lowest BCUT2D eigenvalue weighted by atomic mass is 9.97. The average Bonchev–Trinajstić information content (AvgIpc) is 3.72. The van der Waals surface area contributed by atoms with E-state index in [0.29, 0.717) is 36.7 Å². The lowest BCUT2D eigenvalue weighted by molar-refractivity contribution is 0.0684. The third-order valence-electron chi connectivity index (χ3n) is 8.79. The molecule has 0 atom stereocenters. The summed E-state index contributed by atoms with van der Waals surface area (Å²) in [4.78, 5) is 13.9. The van der Waals surface area contributed by atoms with Crippen LogP contribution in [0.4, 0.5) is 0 Å². The molecule has 0 spiro atoms. The number of hydrogen-bond donors (Lipinski definition) is 1. The van der Waals surface area contributed by atoms with Gasteiger partial charge in [0.1, 0.15) is 11.4 Å². The van der Waals surface area contributed by atoms with Crippen molar-refractivity contribution in [3.05, 3.63) is 94.2 Å². The van der Waals surface area contributed by atoms with E-state index in [4.69, 9.17) is 16.3 Å². The first-order valence-corrected chi connectivity index (χ1v) is 18.7. The predicted molar refractivity (Wildman–Crippen MR) is 199 cm³/mol. The minimum absolute atomic E-state index is 0.299. The number of halogens is 1. The van der Waals surface area contributed by atoms with Crippen molar-refractivity contribution >= 4 is 62.8 Å². The van der Waals surface area contributed by atoms with E-state index < -0.39 is 5.97 Å². The fourth-order valence-corrected chi connectivity index (χ4v) is 8.12. The fourth-order valence-electron chi connectivity index (χ4n) is 6.32. The van der Waals surface area contributed by atoms with Crippen LogP contribution in [0.5, 0.6) is 5.75 Å². The van der Waals surface area contributed by atoms with Gasteiger partial charge >= 0.3 is 5.97 Å². The van der Waals surface area contributed by atoms with Gasteiger partial charge in [-0.3, -0.25) is 9.36 Å². The number of thioether (sulfide) groups is 2. The van der Waals surface area contributed by atoms with Gasteiger partial charge in [-0.25, -0.2) is 4.79 Å². The van der Waals surface area contributed by atoms with Crippen LogP contribution in [0.3, 0.4) is 0 Å². The number of fused-ring (bicyclic) bond motifs is 2. The minimum atomic E-state index is -0.950. The molecular formula is C37H40ClN5O3S2. The zero-order valence-electron chi connectivity index (χ0n) is 27.9. The Hall–Kier alpha value is -3.86. The molecule has 0 saturated carbocycles. The molecular weight excluding hydrogens is 662 g/mol. The molecule has 3 heterocycles. The SMILES string of the molecule is CCSCc1cc(CSc2cc(OCCCn3c(C(=O)O)c(CC)c4c(-c5cnn(C)c5C)c(Cl)ccc43)c3ccccc3c2)n(C)n1. The highest BCUT2D eigenvalue weighted by Gasteiger charge is 2.26. The number of aromatic carboxylic acids is 1. The van der Waals surface area contributed by atoms with Gasteiger partial charge in [0, 0.05) is 80.9 Å². The summed E-state index contributed by atoms with van der Waals surface area (Å²) in [5.74, 6) is 2.68. The first-order valence-electron chi connectivity index (χ1n) is 16.2. The normalized spacial score (nSPS) is 11.6. The van der Waals surface area contributed by atoms with Crippen LogP contribution in [-0.4, -0.2) is 47.6 Å². The van der Waals surface area contributed by atoms with Crippen molar-refractivity contribution in [3.8, 4) is 16.9 Å². The lowest BCUT2D eigenvalue weighted by Gasteiger charge is -2.14. The zero-order chi connectivity index (χ0) is 33.9. The van der Waals surface area contributed by atoms with E-state index >= 15 is 0 Å². The molecule has 250 valence electrons. The maximum Gasteiger partial charge on any atom is 0.352 e. The van der Waals surface area contributed by atoms with E-state index in [2.05, 4.69) is 47.5 Å². The van der Waals surface area contributed by atoms with Gasteiger partial charge in [-0.05, 0) is 66.8 Å². The van der Waals surface area contributed by atoms with Crippen LogP contribution >= 0.6 is 35.1 Å². The number of ether oxygens (including phenoxy) is 1. The lowest BCUT2D eigenvalue weighted by Crippen LogP contribution is -2.12. The molecule has 0 saturated heterocycles. The fraction of sp³-hybridized carbons (Fsp3) is 0.324. The number of benzene rings is 3. The van der Waals surface area contributed by atoms with E-state index in [9.17, 15) is 9.90 Å². The summed E-state index contributed by atoms with van der Waals surface area (Å²) in [7, 11) is 3.90. The van der Waals surface area contributed by atoms with Crippen LogP contribution in [0, 0.1) is 6.92 Å². The van der Waals surface area contributed by atoms with E-state index in [1.807, 2.05) is 77.9 Å². The summed E-state index contributed by atoms with van der Waals surface area (Å²) < 4.78 is 12.2. The second kappa shape index (κ2) is 14.7. The molecule has 6 rings (SSSR count). The monoisotopic (exact) mass is 701 g/mol. The largest absolute Gasteiger partial charge is 0.493 e. The molecule has 0 aliphatic heterocycles. The van der Waals surface area contributed by atoms with Crippen LogP contribution in [0.15, 0.2) is 65.7 Å². The van der Waals surface area contributed by atoms with Gasteiger partial charge in [-0.2, -0.15) is 22.0 Å². The molecule has 6 aromatic rings. The highest BCUT2D eigenvalue weighted by Crippen LogP contribution is 2.41. The molecule has 0 amide bonds. The third kappa shape index (κ3) is 6.70. The molecule has 0 aliphatic rings. The van der Waals surface area contributed by atoms with Crippen LogP contribution in [0.25, 0.3) is 32.8 Å². The molecule has 0 aliphatic carbocycles. The van der Waals surface area contributed by atoms with Gasteiger partial charge in [-0.15, -0.1) is 11.8 Å². The first kappa shape index (κ1) is 34.0. The first-order chi connectivity index (χ1) is 23.2. The number of rotatable bonds is 14. The van der Waals surface area contributed by atoms with E-state index in [1.165, 1.54) is 5.69 Å². The Kier molecular flexibility index (Phi) is 10.4. The standard InChI is InChI=1S/C37H40ClN5O3S2/c1-6-28-35-32(14-13-31(38)34(35)30-20-39-41(4)23(30)3)43(36(28)37(44)45)15-10-16-46-33-19-27(17-24-11-8-9-12-29(24)33)48-22-26-18-25(21-47-7-2)40-42(26)5/h8-9,11-14,17-20H,6-7,10,15-16,21-22H2,1-5H3,(H,44,45). The van der Waals surface area contributed by atoms with Crippen molar-refractivity contribution in [1.82, 2.24) is 24.1 Å². The topological polar surface area (TPSA) is 87.1 Å². The van der Waals surface area contributed by atoms with Gasteiger partial charge in [0.15, 0.2) is 0 Å². The summed E-state index contributed by atoms with van der Waals surface area (Å²) in [5.41, 5.74) is 6.93. The molecule has 1 N–H and O–H groups in total. The van der Waals surface area contributed by atoms with Crippen LogP contribution < -0.4 is 4.74 Å². The maximum absolute atomic E-state index is 12.7. The second-order valence-electron chi connectivity index (χ2n) is 11.7. The zero-order valence-corrected chi connectivity index (χ0v) is 30.3. The van der Waals surface area contributed by atoms with Crippen molar-refractivity contribution in [2.75, 3.05) is 12.4 Å². The second-order valence-corrected chi connectivity index (χ2v) is 14.5. The number of carbonyl (C=O) groups is 1. The molecule has 8 nitrogen and oxygen atoms in total. The molecule has 0 unspecified atom stereocenters. The van der Waals surface area contributed by atoms with Gasteiger partial charge in [0.2, 0.25) is 0 Å². The van der Waals surface area contributed by atoms with Crippen molar-refractivity contribution in [2.24, 2.45) is 14.1 Å². The molecule has 11 heteroatoms. The molecule has 3 aromatic carbocycles. The number of aromatic nitrogens is 5. The number of carboxylic acids is 1. The summed E-state index contributed by atoms with van der Waals surface area (Å²) in [6, 6.07) is 18.6. The predicted octanol–water partition coefficient (Wildman–Crippen LogP) is 9.17. The number of carboxylic acid groups (broad SMARTS) is 1. The number of aryl methyl sites for hydroxylation is 4. The Morgan fingerprint density at radius 3 is 2.58 bits per heavy atom. The maximum atomic E-state index is 12.7. The minimum Gasteiger partial charge on any atom is -0.493 e. The van der Waals surface area contributed by atoms with Crippen molar-refractivity contribution < 1.29 is 14.6 Å². The van der Waals surface area contributed by atoms with Crippen molar-refractivity contribution in [1.29, 1.82) is 0 Å². The van der Waals surface area contributed by atoms with Gasteiger partial charge in [0.25, 0.3) is 0 Å². The van der Waals surface area contributed by atoms with Crippen molar-refractivity contribution in [3.63, 3.8) is 0 Å². The molecule has 0 radical (unpaired) electrons. The number of nitrogens with zero attached hydrogens (tertiary/aromatic N) is 5. The van der Waals surface area contributed by atoms with Crippen LogP contribution in [0.2, 0.25) is 5.02 Å². The molecule has 3 aromatic heterocycles. The smallest absolute Gasteiger partial charge is 0.352 e. The van der Waals surface area contributed by atoms with E-state index in [1.54, 1.807) is 18.0 Å². The summed E-state index contributed by atoms with van der Waals surface area (Å²) >= 11 is 10.5. The summed E-state index contributed by atoms with van der Waals surface area (Å²) in [6.07, 6.45) is 2.98. The molecule has 0 bridgehead atoms. The van der Waals surface area contributed by atoms with Crippen LogP contribution in [-0.2, 0) is 38.6 Å². The van der Waals surface area contributed by atoms with E-state index in [0.717, 1.165) is 77.7 Å². The third-order valence-corrected chi connectivity index (χ3v) is 11.0. The Morgan fingerprint density at radius 1 is 1.04 bits per heavy atom. The number of hydrogen-bond acceptors (Lipinski definition) is 6. The van der Waals surface area contributed by atoms with Crippen LogP contribution in [0.1, 0.15) is 53.4 Å². The summed E-state index contributed by atoms with van der Waals surface area (Å²) in [5, 5.41) is 23.2. The average molecular weight is 702 g/mol. The van der Waals surface area contributed by atoms with Gasteiger partial charge in [-0.1, -0.05) is 49.7 Å². The van der Waals surface area contributed by atoms with Crippen molar-refractivity contribution in [2.45, 2.75) is 56.6 Å². The Balaban J connectivity index is 1.24. The van der Waals surface area contributed by atoms with Gasteiger partial charge < -0.3 is 14.4 Å². The quantitative estimate of drug-likeness (QED) is 0.0895. The molecule has 0 fully saturated rings. The summed E-state index contributed by atoms with van der Waals surface area (Å²) in [6.45, 7) is 7.06. The Bertz CT molecular complexity index is 2120. The highest BCUT2D eigenvalue weighted by molar-refractivity contribution is 7.98.